The molecule has 0 amide bonds. The van der Waals surface area contributed by atoms with Gasteiger partial charge in [-0.3, -0.25) is 15.0 Å². The molecule has 12 heteroatoms. The lowest BCUT2D eigenvalue weighted by Gasteiger charge is -2.33. The predicted octanol–water partition coefficient (Wildman–Crippen LogP) is 6.81. The highest BCUT2D eigenvalue weighted by atomic mass is 19.4. The van der Waals surface area contributed by atoms with E-state index in [0.717, 1.165) is 25.0 Å². The van der Waals surface area contributed by atoms with Crippen LogP contribution in [0.4, 0.5) is 32.0 Å². The van der Waals surface area contributed by atoms with E-state index < -0.39 is 46.4 Å². The number of halogens is 6. The molecule has 3 aromatic rings. The molecule has 0 radical (unpaired) electrons. The van der Waals surface area contributed by atoms with Crippen molar-refractivity contribution in [1.82, 2.24) is 9.88 Å². The molecule has 0 saturated carbocycles. The van der Waals surface area contributed by atoms with Crippen LogP contribution in [0.15, 0.2) is 48.5 Å². The van der Waals surface area contributed by atoms with Crippen LogP contribution < -0.4 is 0 Å². The molecule has 0 N–H and O–H groups in total. The Morgan fingerprint density at radius 3 is 2.36 bits per heavy atom. The van der Waals surface area contributed by atoms with Gasteiger partial charge in [0.05, 0.1) is 16.0 Å². The number of ether oxygens (including phenoxy) is 1. The molecule has 6 nitrogen and oxygen atoms in total. The molecule has 3 atom stereocenters. The standard InChI is InChI=1S/C24H19F6N3O3/c25-23(26,27)17-5-3-4-15-16(12-19(24(28,29)30)31-20(15)17)21-18-6-1-2-11-32(18)22(36-21)13-7-9-14(10-8-13)33(34)35/h3-5,7-10,12,18,21-22H,1-2,6,11H2/t18-,21+,22?/m1/s1. The molecule has 0 bridgehead atoms. The molecule has 2 aliphatic rings. The maximum absolute atomic E-state index is 13.7. The number of non-ortho nitro benzene ring substituents is 1. The normalized spacial score (nSPS) is 23.1. The minimum atomic E-state index is -4.97. The second-order valence-corrected chi connectivity index (χ2v) is 8.85. The van der Waals surface area contributed by atoms with Crippen LogP contribution in [0, 0.1) is 10.1 Å². The highest BCUT2D eigenvalue weighted by Gasteiger charge is 2.46. The van der Waals surface area contributed by atoms with E-state index >= 15 is 0 Å². The Labute approximate surface area is 200 Å². The van der Waals surface area contributed by atoms with Crippen molar-refractivity contribution in [3.8, 4) is 0 Å². The molecule has 1 unspecified atom stereocenters. The van der Waals surface area contributed by atoms with Crippen LogP contribution in [0.25, 0.3) is 10.9 Å². The first-order chi connectivity index (χ1) is 16.9. The van der Waals surface area contributed by atoms with Gasteiger partial charge in [0.2, 0.25) is 0 Å². The summed E-state index contributed by atoms with van der Waals surface area (Å²) in [5.41, 5.74) is -3.03. The van der Waals surface area contributed by atoms with E-state index in [2.05, 4.69) is 4.98 Å². The van der Waals surface area contributed by atoms with E-state index in [4.69, 9.17) is 4.74 Å². The zero-order valence-corrected chi connectivity index (χ0v) is 18.5. The maximum Gasteiger partial charge on any atom is 0.433 e. The SMILES string of the molecule is O=[N+]([O-])c1ccc(C2O[C@@H](c3cc(C(F)(F)F)nc4c(C(F)(F)F)cccc34)[C@H]3CCCCN23)cc1. The second-order valence-electron chi connectivity index (χ2n) is 8.85. The summed E-state index contributed by atoms with van der Waals surface area (Å²) in [6, 6.07) is 9.22. The number of nitro groups is 1. The minimum Gasteiger partial charge on any atom is -0.349 e. The molecule has 36 heavy (non-hydrogen) atoms. The summed E-state index contributed by atoms with van der Waals surface area (Å²) in [5, 5.41) is 11.0. The third-order valence-electron chi connectivity index (χ3n) is 6.68. The van der Waals surface area contributed by atoms with Gasteiger partial charge in [-0.25, -0.2) is 4.98 Å². The Morgan fingerprint density at radius 1 is 1.00 bits per heavy atom. The van der Waals surface area contributed by atoms with Gasteiger partial charge in [0.1, 0.15) is 18.0 Å². The van der Waals surface area contributed by atoms with Crippen LogP contribution in [0.2, 0.25) is 0 Å². The lowest BCUT2D eigenvalue weighted by Crippen LogP contribution is -2.37. The molecule has 5 rings (SSSR count). The molecule has 0 aliphatic carbocycles. The molecule has 2 aromatic carbocycles. The van der Waals surface area contributed by atoms with Crippen molar-refractivity contribution < 1.29 is 36.0 Å². The third kappa shape index (κ3) is 4.28. The summed E-state index contributed by atoms with van der Waals surface area (Å²) >= 11 is 0. The zero-order valence-electron chi connectivity index (χ0n) is 18.5. The third-order valence-corrected chi connectivity index (χ3v) is 6.68. The Balaban J connectivity index is 1.65. The topological polar surface area (TPSA) is 68.5 Å². The van der Waals surface area contributed by atoms with E-state index in [1.165, 1.54) is 30.3 Å². The van der Waals surface area contributed by atoms with E-state index in [1.54, 1.807) is 0 Å². The van der Waals surface area contributed by atoms with Crippen LogP contribution in [0.5, 0.6) is 0 Å². The molecule has 1 aromatic heterocycles. The van der Waals surface area contributed by atoms with Gasteiger partial charge in [0.15, 0.2) is 0 Å². The average Bonchev–Trinajstić information content (AvgIpc) is 3.21. The first kappa shape index (κ1) is 24.4. The number of hydrogen-bond donors (Lipinski definition) is 0. The quantitative estimate of drug-likeness (QED) is 0.220. The zero-order chi connectivity index (χ0) is 25.8. The summed E-state index contributed by atoms with van der Waals surface area (Å²) in [5.74, 6) is 0. The maximum atomic E-state index is 13.7. The van der Waals surface area contributed by atoms with Gasteiger partial charge in [-0.15, -0.1) is 0 Å². The van der Waals surface area contributed by atoms with Gasteiger partial charge in [0, 0.05) is 30.1 Å². The van der Waals surface area contributed by atoms with Crippen molar-refractivity contribution in [1.29, 1.82) is 0 Å². The number of rotatable bonds is 3. The van der Waals surface area contributed by atoms with Gasteiger partial charge in [-0.05, 0) is 48.2 Å². The van der Waals surface area contributed by atoms with E-state index in [1.807, 2.05) is 4.90 Å². The predicted molar refractivity (Wildman–Crippen MR) is 116 cm³/mol. The molecule has 2 aliphatic heterocycles. The Kier molecular flexibility index (Phi) is 5.91. The molecule has 3 heterocycles. The highest BCUT2D eigenvalue weighted by Crippen LogP contribution is 2.49. The lowest BCUT2D eigenvalue weighted by molar-refractivity contribution is -0.384. The van der Waals surface area contributed by atoms with Gasteiger partial charge >= 0.3 is 12.4 Å². The number of benzene rings is 2. The van der Waals surface area contributed by atoms with Crippen molar-refractivity contribution in [3.63, 3.8) is 0 Å². The first-order valence-electron chi connectivity index (χ1n) is 11.2. The van der Waals surface area contributed by atoms with Crippen molar-refractivity contribution in [2.75, 3.05) is 6.54 Å². The van der Waals surface area contributed by atoms with Crippen LogP contribution in [0.3, 0.4) is 0 Å². The number of pyridine rings is 1. The van der Waals surface area contributed by atoms with Gasteiger partial charge in [0.25, 0.3) is 5.69 Å². The molecule has 190 valence electrons. The van der Waals surface area contributed by atoms with Crippen molar-refractivity contribution >= 4 is 16.6 Å². The number of piperidine rings is 1. The number of para-hydroxylation sites is 1. The van der Waals surface area contributed by atoms with E-state index in [0.29, 0.717) is 24.6 Å². The Hall–Kier alpha value is -3.25. The molecular weight excluding hydrogens is 492 g/mol. The monoisotopic (exact) mass is 511 g/mol. The van der Waals surface area contributed by atoms with Crippen molar-refractivity contribution in [2.45, 2.75) is 50.0 Å². The van der Waals surface area contributed by atoms with Gasteiger partial charge in [-0.2, -0.15) is 26.3 Å². The fourth-order valence-corrected chi connectivity index (χ4v) is 5.10. The number of aromatic nitrogens is 1. The number of alkyl halides is 6. The largest absolute Gasteiger partial charge is 0.433 e. The molecule has 0 spiro atoms. The first-order valence-corrected chi connectivity index (χ1v) is 11.2. The lowest BCUT2D eigenvalue weighted by atomic mass is 9.91. The van der Waals surface area contributed by atoms with E-state index in [-0.39, 0.29) is 22.7 Å². The smallest absolute Gasteiger partial charge is 0.349 e. The number of fused-ring (bicyclic) bond motifs is 2. The summed E-state index contributed by atoms with van der Waals surface area (Å²) in [6.07, 6.45) is -9.40. The second kappa shape index (κ2) is 8.70. The van der Waals surface area contributed by atoms with Crippen molar-refractivity contribution in [3.05, 3.63) is 81.0 Å². The number of hydrogen-bond acceptors (Lipinski definition) is 5. The van der Waals surface area contributed by atoms with Crippen LogP contribution in [-0.2, 0) is 17.1 Å². The van der Waals surface area contributed by atoms with Crippen LogP contribution in [-0.4, -0.2) is 27.4 Å². The summed E-state index contributed by atoms with van der Waals surface area (Å²) in [7, 11) is 0. The molecular formula is C24H19F6N3O3. The summed E-state index contributed by atoms with van der Waals surface area (Å²) < 4.78 is 88.5. The van der Waals surface area contributed by atoms with Crippen LogP contribution >= 0.6 is 0 Å². The number of nitrogens with zero attached hydrogens (tertiary/aromatic N) is 3. The fourth-order valence-electron chi connectivity index (χ4n) is 5.10. The van der Waals surface area contributed by atoms with Gasteiger partial charge in [-0.1, -0.05) is 18.6 Å². The fraction of sp³-hybridized carbons (Fsp3) is 0.375. The highest BCUT2D eigenvalue weighted by molar-refractivity contribution is 5.86. The summed E-state index contributed by atoms with van der Waals surface area (Å²) in [4.78, 5) is 15.8. The van der Waals surface area contributed by atoms with E-state index in [9.17, 15) is 36.5 Å². The minimum absolute atomic E-state index is 0.0141. The summed E-state index contributed by atoms with van der Waals surface area (Å²) in [6.45, 7) is 0.561. The molecule has 2 saturated heterocycles. The van der Waals surface area contributed by atoms with Crippen molar-refractivity contribution in [2.24, 2.45) is 0 Å². The Bertz CT molecular complexity index is 1310. The van der Waals surface area contributed by atoms with Gasteiger partial charge < -0.3 is 4.74 Å². The molecule has 2 fully saturated rings. The Morgan fingerprint density at radius 2 is 1.72 bits per heavy atom. The number of nitro benzene ring substituents is 1. The average molecular weight is 511 g/mol. The van der Waals surface area contributed by atoms with Crippen LogP contribution in [0.1, 0.15) is 54.0 Å².